The Bertz CT molecular complexity index is 1320. The second kappa shape index (κ2) is 8.60. The Morgan fingerprint density at radius 2 is 2.09 bits per heavy atom. The third kappa shape index (κ3) is 3.81. The highest BCUT2D eigenvalue weighted by Gasteiger charge is 2.49. The molecule has 3 N–H and O–H groups in total. The number of piperidine rings is 1. The predicted octanol–water partition coefficient (Wildman–Crippen LogP) is 1.13. The number of hydrogen-bond acceptors (Lipinski definition) is 6. The van der Waals surface area contributed by atoms with Crippen LogP contribution >= 0.6 is 0 Å². The molecule has 2 aromatic heterocycles. The van der Waals surface area contributed by atoms with Gasteiger partial charge in [-0.05, 0) is 48.1 Å². The molecular weight excluding hydrogens is 446 g/mol. The number of nitrogens with zero attached hydrogens (tertiary/aromatic N) is 3. The van der Waals surface area contributed by atoms with Crippen molar-refractivity contribution in [2.75, 3.05) is 11.4 Å². The van der Waals surface area contributed by atoms with Gasteiger partial charge in [-0.3, -0.25) is 14.6 Å². The van der Waals surface area contributed by atoms with E-state index < -0.39 is 5.23 Å². The van der Waals surface area contributed by atoms with Crippen molar-refractivity contribution >= 4 is 17.3 Å². The molecular formula is C26H27N5O4. The average Bonchev–Trinajstić information content (AvgIpc) is 2.87. The van der Waals surface area contributed by atoms with Crippen LogP contribution < -0.4 is 21.0 Å². The largest absolute Gasteiger partial charge is 0.595 e. The van der Waals surface area contributed by atoms with Crippen molar-refractivity contribution in [3.05, 3.63) is 93.3 Å². The van der Waals surface area contributed by atoms with E-state index >= 15 is 0 Å². The first kappa shape index (κ1) is 22.0. The van der Waals surface area contributed by atoms with Crippen LogP contribution in [-0.4, -0.2) is 33.3 Å². The Morgan fingerprint density at radius 3 is 2.89 bits per heavy atom. The number of amides is 1. The fourth-order valence-corrected chi connectivity index (χ4v) is 6.31. The molecule has 3 aromatic rings. The van der Waals surface area contributed by atoms with Gasteiger partial charge >= 0.3 is 0 Å². The van der Waals surface area contributed by atoms with Crippen LogP contribution in [0.15, 0.2) is 65.7 Å². The number of fused-ring (bicyclic) bond motifs is 8. The van der Waals surface area contributed by atoms with Crippen molar-refractivity contribution in [3.63, 3.8) is 0 Å². The maximum absolute atomic E-state index is 13.6. The summed E-state index contributed by atoms with van der Waals surface area (Å²) in [6, 6.07) is 14.4. The lowest BCUT2D eigenvalue weighted by atomic mass is 9.70. The van der Waals surface area contributed by atoms with Gasteiger partial charge in [0.2, 0.25) is 5.91 Å². The summed E-state index contributed by atoms with van der Waals surface area (Å²) < 4.78 is 1.88. The van der Waals surface area contributed by atoms with E-state index in [4.69, 9.17) is 0 Å². The smallest absolute Gasteiger partial charge is 0.250 e. The standard InChI is InChI=1S/C26H27N5O4/c32-24-5-1-4-22-18-9-19(15-29(22)24)25-21(26(33)28-13-16-3-2-8-27-12-16)11-17-10-20(31(34)35)6-7-23(17)30(25)14-18/h1-8,10,12,18-19,21,25,31,34H,9,11,13-15H2,(H,28,33). The molecule has 5 heterocycles. The van der Waals surface area contributed by atoms with Gasteiger partial charge in [0, 0.05) is 73.6 Å². The second-order valence-electron chi connectivity index (χ2n) is 9.77. The molecule has 1 aromatic carbocycles. The van der Waals surface area contributed by atoms with Crippen LogP contribution in [0.25, 0.3) is 0 Å². The first-order valence-corrected chi connectivity index (χ1v) is 12.0. The molecule has 1 saturated heterocycles. The van der Waals surface area contributed by atoms with Gasteiger partial charge in [-0.15, -0.1) is 0 Å². The van der Waals surface area contributed by atoms with Crippen LogP contribution in [-0.2, 0) is 24.3 Å². The Balaban J connectivity index is 1.38. The van der Waals surface area contributed by atoms with E-state index in [0.29, 0.717) is 26.1 Å². The number of rotatable bonds is 4. The van der Waals surface area contributed by atoms with Gasteiger partial charge < -0.3 is 20.0 Å². The van der Waals surface area contributed by atoms with Crippen molar-refractivity contribution in [2.24, 2.45) is 11.8 Å². The lowest BCUT2D eigenvalue weighted by Crippen LogP contribution is -2.99. The number of anilines is 1. The molecule has 0 spiro atoms. The number of carbonyl (C=O) groups excluding carboxylic acids is 1. The van der Waals surface area contributed by atoms with Gasteiger partial charge in [-0.2, -0.15) is 5.23 Å². The topological polar surface area (TPSA) is 115 Å². The minimum Gasteiger partial charge on any atom is -0.595 e. The molecule has 9 heteroatoms. The maximum atomic E-state index is 13.6. The molecule has 1 amide bonds. The molecule has 2 bridgehead atoms. The van der Waals surface area contributed by atoms with E-state index in [1.165, 1.54) is 0 Å². The Morgan fingerprint density at radius 1 is 1.20 bits per heavy atom. The van der Waals surface area contributed by atoms with E-state index in [-0.39, 0.29) is 40.9 Å². The summed E-state index contributed by atoms with van der Waals surface area (Å²) in [7, 11) is 0. The van der Waals surface area contributed by atoms with Gasteiger partial charge in [-0.1, -0.05) is 12.1 Å². The summed E-state index contributed by atoms with van der Waals surface area (Å²) >= 11 is 0. The summed E-state index contributed by atoms with van der Waals surface area (Å²) in [6.45, 7) is 1.66. The summed E-state index contributed by atoms with van der Waals surface area (Å²) in [5.41, 5.74) is 4.07. The van der Waals surface area contributed by atoms with Crippen LogP contribution in [0.4, 0.5) is 11.4 Å². The third-order valence-electron chi connectivity index (χ3n) is 7.78. The molecule has 0 saturated carbocycles. The summed E-state index contributed by atoms with van der Waals surface area (Å²) in [5.74, 6) is -0.0825. The van der Waals surface area contributed by atoms with Gasteiger partial charge in [0.15, 0.2) is 5.69 Å². The molecule has 1 fully saturated rings. The fraction of sp³-hybridized carbons (Fsp3) is 0.346. The molecule has 3 aliphatic rings. The Hall–Kier alpha value is -3.53. The summed E-state index contributed by atoms with van der Waals surface area (Å²) in [4.78, 5) is 32.6. The third-order valence-corrected chi connectivity index (χ3v) is 7.78. The van der Waals surface area contributed by atoms with Crippen LogP contribution in [0, 0.1) is 17.0 Å². The van der Waals surface area contributed by atoms with Crippen molar-refractivity contribution < 1.29 is 15.2 Å². The number of benzene rings is 1. The van der Waals surface area contributed by atoms with Crippen molar-refractivity contribution in [1.82, 2.24) is 14.9 Å². The number of nitrogens with one attached hydrogen (secondary N) is 2. The first-order valence-electron chi connectivity index (χ1n) is 12.0. The molecule has 0 aliphatic carbocycles. The highest BCUT2D eigenvalue weighted by atomic mass is 16.8. The molecule has 5 atom stereocenters. The van der Waals surface area contributed by atoms with E-state index in [9.17, 15) is 20.0 Å². The zero-order valence-electron chi connectivity index (χ0n) is 19.1. The fourth-order valence-electron chi connectivity index (χ4n) is 6.31. The van der Waals surface area contributed by atoms with Gasteiger partial charge in [0.05, 0.1) is 5.92 Å². The lowest BCUT2D eigenvalue weighted by molar-refractivity contribution is -0.991. The monoisotopic (exact) mass is 473 g/mol. The zero-order chi connectivity index (χ0) is 24.1. The van der Waals surface area contributed by atoms with Crippen molar-refractivity contribution in [2.45, 2.75) is 37.9 Å². The average molecular weight is 474 g/mol. The van der Waals surface area contributed by atoms with E-state index in [1.54, 1.807) is 30.6 Å². The molecule has 9 nitrogen and oxygen atoms in total. The molecule has 180 valence electrons. The number of hydrogen-bond donors (Lipinski definition) is 3. The minimum absolute atomic E-state index is 0.00513. The molecule has 0 radical (unpaired) electrons. The van der Waals surface area contributed by atoms with Crippen molar-refractivity contribution in [1.29, 1.82) is 0 Å². The molecule has 35 heavy (non-hydrogen) atoms. The highest BCUT2D eigenvalue weighted by molar-refractivity contribution is 5.82. The van der Waals surface area contributed by atoms with Gasteiger partial charge in [0.25, 0.3) is 5.56 Å². The summed E-state index contributed by atoms with van der Waals surface area (Å²) in [6.07, 6.45) is 4.83. The molecule has 3 aliphatic heterocycles. The van der Waals surface area contributed by atoms with E-state index in [0.717, 1.165) is 28.9 Å². The Labute approximate surface area is 202 Å². The van der Waals surface area contributed by atoms with E-state index in [1.807, 2.05) is 34.9 Å². The number of aromatic nitrogens is 2. The first-order chi connectivity index (χ1) is 17.0. The van der Waals surface area contributed by atoms with Crippen LogP contribution in [0.1, 0.15) is 29.2 Å². The Kier molecular flexibility index (Phi) is 5.40. The number of carbonyl (C=O) groups is 1. The van der Waals surface area contributed by atoms with Crippen LogP contribution in [0.2, 0.25) is 0 Å². The number of quaternary nitrogens is 1. The van der Waals surface area contributed by atoms with Crippen LogP contribution in [0.3, 0.4) is 0 Å². The SMILES string of the molecule is O=C(NCc1cccnc1)C1Cc2cc([NH+]([O-])O)ccc2N2CC3CC(Cn4c3cccc4=O)C12. The lowest BCUT2D eigenvalue weighted by Gasteiger charge is -2.54. The zero-order valence-corrected chi connectivity index (χ0v) is 19.1. The minimum atomic E-state index is -0.976. The predicted molar refractivity (Wildman–Crippen MR) is 128 cm³/mol. The van der Waals surface area contributed by atoms with Crippen molar-refractivity contribution in [3.8, 4) is 0 Å². The second-order valence-corrected chi connectivity index (χ2v) is 9.77. The number of pyridine rings is 2. The maximum Gasteiger partial charge on any atom is 0.250 e. The summed E-state index contributed by atoms with van der Waals surface area (Å²) in [5, 5.41) is 23.3. The quantitative estimate of drug-likeness (QED) is 0.490. The highest BCUT2D eigenvalue weighted by Crippen LogP contribution is 2.47. The van der Waals surface area contributed by atoms with Crippen LogP contribution in [0.5, 0.6) is 0 Å². The van der Waals surface area contributed by atoms with Gasteiger partial charge in [0.1, 0.15) is 0 Å². The molecule has 5 unspecified atom stereocenters. The van der Waals surface area contributed by atoms with Gasteiger partial charge in [-0.25, -0.2) is 5.21 Å². The normalized spacial score (nSPS) is 25.1. The van der Waals surface area contributed by atoms with E-state index in [2.05, 4.69) is 15.2 Å². The molecule has 6 rings (SSSR count).